The molecule has 1 N–H and O–H groups in total. The summed E-state index contributed by atoms with van der Waals surface area (Å²) in [5.41, 5.74) is 1.22. The third-order valence-corrected chi connectivity index (χ3v) is 5.57. The van der Waals surface area contributed by atoms with Crippen molar-refractivity contribution in [3.8, 4) is 0 Å². The fourth-order valence-electron chi connectivity index (χ4n) is 2.88. The Morgan fingerprint density at radius 2 is 1.50 bits per heavy atom. The number of anilines is 1. The van der Waals surface area contributed by atoms with Crippen molar-refractivity contribution in [2.24, 2.45) is 0 Å². The molecule has 164 valence electrons. The van der Waals surface area contributed by atoms with Crippen molar-refractivity contribution in [3.63, 3.8) is 0 Å². The second kappa shape index (κ2) is 11.1. The molecule has 0 aliphatic rings. The summed E-state index contributed by atoms with van der Waals surface area (Å²) >= 11 is 17.9. The van der Waals surface area contributed by atoms with Crippen LogP contribution in [-0.4, -0.2) is 17.7 Å². The molecule has 0 heterocycles. The Morgan fingerprint density at radius 3 is 2.19 bits per heavy atom. The number of carbonyl (C=O) groups excluding carboxylic acids is 3. The van der Waals surface area contributed by atoms with Gasteiger partial charge in [0.15, 0.2) is 6.10 Å². The number of hydrogen-bond acceptors (Lipinski definition) is 4. The van der Waals surface area contributed by atoms with E-state index in [1.807, 2.05) is 0 Å². The number of ether oxygens (including phenoxy) is 1. The lowest BCUT2D eigenvalue weighted by Crippen LogP contribution is -2.21. The maximum atomic E-state index is 13.0. The molecule has 8 heteroatoms. The first-order valence-electron chi connectivity index (χ1n) is 9.63. The molecule has 1 amide bonds. The van der Waals surface area contributed by atoms with Gasteiger partial charge in [0.25, 0.3) is 0 Å². The van der Waals surface area contributed by atoms with Gasteiger partial charge in [-0.25, -0.2) is 0 Å². The molecule has 3 aromatic carbocycles. The Labute approximate surface area is 200 Å². The highest BCUT2D eigenvalue weighted by molar-refractivity contribution is 6.44. The SMILES string of the molecule is O=C(CCC(=O)O[C@@H](C(=O)c1ccccc1)c1ccc(Cl)cc1)Nc1cccc(Cl)c1Cl. The first-order chi connectivity index (χ1) is 15.3. The van der Waals surface area contributed by atoms with Gasteiger partial charge in [0.2, 0.25) is 11.7 Å². The number of amides is 1. The van der Waals surface area contributed by atoms with Gasteiger partial charge in [-0.15, -0.1) is 0 Å². The second-order valence-corrected chi connectivity index (χ2v) is 8.02. The first-order valence-corrected chi connectivity index (χ1v) is 10.8. The van der Waals surface area contributed by atoms with E-state index in [1.165, 1.54) is 0 Å². The molecular weight excluding hydrogens is 473 g/mol. The predicted molar refractivity (Wildman–Crippen MR) is 125 cm³/mol. The molecule has 3 rings (SSSR count). The summed E-state index contributed by atoms with van der Waals surface area (Å²) < 4.78 is 5.48. The summed E-state index contributed by atoms with van der Waals surface area (Å²) in [7, 11) is 0. The quantitative estimate of drug-likeness (QED) is 0.288. The van der Waals surface area contributed by atoms with E-state index in [1.54, 1.807) is 72.8 Å². The molecule has 0 spiro atoms. The third kappa shape index (κ3) is 6.33. The number of esters is 1. The number of hydrogen-bond donors (Lipinski definition) is 1. The standard InChI is InChI=1S/C24H18Cl3NO4/c25-17-11-9-16(10-12-17)24(23(31)15-5-2-1-3-6-15)32-21(30)14-13-20(29)28-19-8-4-7-18(26)22(19)27/h1-12,24H,13-14H2,(H,28,29)/t24-/m1/s1. The summed E-state index contributed by atoms with van der Waals surface area (Å²) in [4.78, 5) is 37.7. The Hall–Kier alpha value is -2.86. The van der Waals surface area contributed by atoms with E-state index in [0.29, 0.717) is 26.9 Å². The lowest BCUT2D eigenvalue weighted by Gasteiger charge is -2.18. The van der Waals surface area contributed by atoms with Crippen LogP contribution >= 0.6 is 34.8 Å². The number of halogens is 3. The summed E-state index contributed by atoms with van der Waals surface area (Å²) in [5.74, 6) is -1.51. The molecule has 0 aliphatic carbocycles. The van der Waals surface area contributed by atoms with Crippen molar-refractivity contribution in [2.45, 2.75) is 18.9 Å². The van der Waals surface area contributed by atoms with Crippen LogP contribution in [0.5, 0.6) is 0 Å². The maximum Gasteiger partial charge on any atom is 0.307 e. The number of nitrogens with one attached hydrogen (secondary N) is 1. The van der Waals surface area contributed by atoms with E-state index in [4.69, 9.17) is 39.5 Å². The molecule has 0 radical (unpaired) electrons. The molecule has 0 unspecified atom stereocenters. The zero-order chi connectivity index (χ0) is 23.1. The maximum absolute atomic E-state index is 13.0. The number of ketones is 1. The van der Waals surface area contributed by atoms with Crippen molar-refractivity contribution in [3.05, 3.63) is 99.0 Å². The van der Waals surface area contributed by atoms with E-state index in [2.05, 4.69) is 5.32 Å². The Kier molecular flexibility index (Phi) is 8.28. The Morgan fingerprint density at radius 1 is 0.812 bits per heavy atom. The number of rotatable bonds is 8. The zero-order valence-electron chi connectivity index (χ0n) is 16.7. The van der Waals surface area contributed by atoms with Crippen LogP contribution in [0.1, 0.15) is 34.9 Å². The second-order valence-electron chi connectivity index (χ2n) is 6.80. The Bertz CT molecular complexity index is 1120. The van der Waals surface area contributed by atoms with E-state index in [-0.39, 0.29) is 23.6 Å². The van der Waals surface area contributed by atoms with E-state index < -0.39 is 18.0 Å². The highest BCUT2D eigenvalue weighted by Crippen LogP contribution is 2.30. The van der Waals surface area contributed by atoms with E-state index in [0.717, 1.165) is 0 Å². The van der Waals surface area contributed by atoms with Gasteiger partial charge >= 0.3 is 5.97 Å². The molecule has 0 aliphatic heterocycles. The minimum absolute atomic E-state index is 0.158. The minimum Gasteiger partial charge on any atom is -0.449 e. The van der Waals surface area contributed by atoms with Crippen molar-refractivity contribution in [1.82, 2.24) is 0 Å². The smallest absolute Gasteiger partial charge is 0.307 e. The van der Waals surface area contributed by atoms with Gasteiger partial charge in [0, 0.05) is 22.6 Å². The molecule has 0 saturated carbocycles. The van der Waals surface area contributed by atoms with Gasteiger partial charge < -0.3 is 10.1 Å². The average molecular weight is 491 g/mol. The lowest BCUT2D eigenvalue weighted by molar-refractivity contribution is -0.148. The van der Waals surface area contributed by atoms with E-state index in [9.17, 15) is 14.4 Å². The molecule has 0 saturated heterocycles. The third-order valence-electron chi connectivity index (χ3n) is 4.50. The van der Waals surface area contributed by atoms with Crippen LogP contribution in [0.4, 0.5) is 5.69 Å². The highest BCUT2D eigenvalue weighted by Gasteiger charge is 2.26. The van der Waals surface area contributed by atoms with Crippen LogP contribution < -0.4 is 5.32 Å². The minimum atomic E-state index is -1.16. The first kappa shape index (κ1) is 23.8. The molecule has 0 bridgehead atoms. The van der Waals surface area contributed by atoms with Crippen LogP contribution in [-0.2, 0) is 14.3 Å². The fraction of sp³-hybridized carbons (Fsp3) is 0.125. The van der Waals surface area contributed by atoms with Gasteiger partial charge in [-0.05, 0) is 24.3 Å². The molecule has 32 heavy (non-hydrogen) atoms. The number of benzene rings is 3. The van der Waals surface area contributed by atoms with Gasteiger partial charge in [-0.3, -0.25) is 14.4 Å². The normalized spacial score (nSPS) is 11.5. The summed E-state index contributed by atoms with van der Waals surface area (Å²) in [6.45, 7) is 0. The fourth-order valence-corrected chi connectivity index (χ4v) is 3.36. The zero-order valence-corrected chi connectivity index (χ0v) is 19.0. The van der Waals surface area contributed by atoms with Crippen LogP contribution in [0.15, 0.2) is 72.8 Å². The summed E-state index contributed by atoms with van der Waals surface area (Å²) in [6, 6.07) is 19.8. The molecule has 5 nitrogen and oxygen atoms in total. The monoisotopic (exact) mass is 489 g/mol. The van der Waals surface area contributed by atoms with Crippen LogP contribution in [0.3, 0.4) is 0 Å². The highest BCUT2D eigenvalue weighted by atomic mass is 35.5. The van der Waals surface area contributed by atoms with Crippen LogP contribution in [0.2, 0.25) is 15.1 Å². The predicted octanol–water partition coefficient (Wildman–Crippen LogP) is 6.53. The van der Waals surface area contributed by atoms with E-state index >= 15 is 0 Å². The summed E-state index contributed by atoms with van der Waals surface area (Å²) in [6.07, 6.45) is -1.54. The van der Waals surface area contributed by atoms with Crippen molar-refractivity contribution in [1.29, 1.82) is 0 Å². The molecule has 3 aromatic rings. The molecule has 0 aromatic heterocycles. The average Bonchev–Trinajstić information content (AvgIpc) is 2.80. The van der Waals surface area contributed by atoms with Gasteiger partial charge in [0.1, 0.15) is 0 Å². The molecule has 0 fully saturated rings. The molecular formula is C24H18Cl3NO4. The number of carbonyl (C=O) groups is 3. The van der Waals surface area contributed by atoms with Gasteiger partial charge in [0.05, 0.1) is 22.2 Å². The van der Waals surface area contributed by atoms with Gasteiger partial charge in [-0.1, -0.05) is 83.3 Å². The molecule has 1 atom stereocenters. The van der Waals surface area contributed by atoms with Crippen LogP contribution in [0, 0.1) is 0 Å². The largest absolute Gasteiger partial charge is 0.449 e. The van der Waals surface area contributed by atoms with Crippen LogP contribution in [0.25, 0.3) is 0 Å². The van der Waals surface area contributed by atoms with Gasteiger partial charge in [-0.2, -0.15) is 0 Å². The topological polar surface area (TPSA) is 72.5 Å². The lowest BCUT2D eigenvalue weighted by atomic mass is 10.00. The van der Waals surface area contributed by atoms with Crippen molar-refractivity contribution >= 4 is 58.1 Å². The summed E-state index contributed by atoms with van der Waals surface area (Å²) in [5, 5.41) is 3.60. The number of Topliss-reactive ketones (excluding diaryl/α,β-unsaturated/α-hetero) is 1. The Balaban J connectivity index is 1.67. The van der Waals surface area contributed by atoms with Crippen molar-refractivity contribution in [2.75, 3.05) is 5.32 Å². The van der Waals surface area contributed by atoms with Crippen molar-refractivity contribution < 1.29 is 19.1 Å².